The predicted molar refractivity (Wildman–Crippen MR) is 70.2 cm³/mol. The zero-order valence-corrected chi connectivity index (χ0v) is 11.4. The monoisotopic (exact) mass is 239 g/mol. The highest BCUT2D eigenvalue weighted by Gasteiger charge is 2.27. The Bertz CT molecular complexity index is 355. The number of anilines is 1. The number of hydrogen-bond donors (Lipinski definition) is 1. The van der Waals surface area contributed by atoms with Gasteiger partial charge in [0.1, 0.15) is 0 Å². The Hall–Kier alpha value is -0.610. The normalized spacial score (nSPS) is 17.5. The zero-order valence-electron chi connectivity index (χ0n) is 10.6. The minimum absolute atomic E-state index is 0.657. The molecule has 1 fully saturated rings. The van der Waals surface area contributed by atoms with Gasteiger partial charge in [0.15, 0.2) is 5.13 Å². The second kappa shape index (κ2) is 4.72. The summed E-state index contributed by atoms with van der Waals surface area (Å²) in [6, 6.07) is 0.657. The zero-order chi connectivity index (χ0) is 11.7. The molecule has 0 radical (unpaired) electrons. The van der Waals surface area contributed by atoms with E-state index < -0.39 is 0 Å². The van der Waals surface area contributed by atoms with Gasteiger partial charge >= 0.3 is 0 Å². The van der Waals surface area contributed by atoms with E-state index in [4.69, 9.17) is 0 Å². The van der Waals surface area contributed by atoms with Crippen LogP contribution < -0.4 is 10.2 Å². The highest BCUT2D eigenvalue weighted by atomic mass is 32.1. The van der Waals surface area contributed by atoms with Crippen LogP contribution in [0, 0.1) is 12.8 Å². The summed E-state index contributed by atoms with van der Waals surface area (Å²) in [6.07, 6.45) is 2.80. The van der Waals surface area contributed by atoms with Crippen LogP contribution in [0.2, 0.25) is 0 Å². The Labute approximate surface area is 102 Å². The van der Waals surface area contributed by atoms with Crippen molar-refractivity contribution < 1.29 is 0 Å². The SMILES string of the molecule is Cc1nc(N(C)C)sc1CNC(C)C1CC1. The Morgan fingerprint density at radius 2 is 2.19 bits per heavy atom. The van der Waals surface area contributed by atoms with Gasteiger partial charge in [0, 0.05) is 31.6 Å². The lowest BCUT2D eigenvalue weighted by Crippen LogP contribution is -2.27. The van der Waals surface area contributed by atoms with E-state index in [1.165, 1.54) is 23.4 Å². The number of thiazole rings is 1. The fourth-order valence-corrected chi connectivity index (χ4v) is 2.72. The average Bonchev–Trinajstić information content (AvgIpc) is 3.00. The Morgan fingerprint density at radius 1 is 1.50 bits per heavy atom. The predicted octanol–water partition coefficient (Wildman–Crippen LogP) is 2.41. The van der Waals surface area contributed by atoms with Gasteiger partial charge in [-0.05, 0) is 32.6 Å². The van der Waals surface area contributed by atoms with Gasteiger partial charge in [-0.1, -0.05) is 0 Å². The summed E-state index contributed by atoms with van der Waals surface area (Å²) >= 11 is 1.79. The van der Waals surface area contributed by atoms with Crippen LogP contribution in [-0.2, 0) is 6.54 Å². The van der Waals surface area contributed by atoms with Crippen molar-refractivity contribution in [3.8, 4) is 0 Å². The molecule has 1 aromatic rings. The molecule has 1 heterocycles. The quantitative estimate of drug-likeness (QED) is 0.855. The number of hydrogen-bond acceptors (Lipinski definition) is 4. The summed E-state index contributed by atoms with van der Waals surface area (Å²) in [4.78, 5) is 8.00. The van der Waals surface area contributed by atoms with Gasteiger partial charge in [-0.3, -0.25) is 0 Å². The van der Waals surface area contributed by atoms with Crippen LogP contribution in [0.4, 0.5) is 5.13 Å². The van der Waals surface area contributed by atoms with E-state index in [0.717, 1.165) is 17.6 Å². The minimum atomic E-state index is 0.657. The molecule has 0 aliphatic heterocycles. The molecule has 1 aromatic heterocycles. The third-order valence-electron chi connectivity index (χ3n) is 3.18. The molecule has 0 spiro atoms. The van der Waals surface area contributed by atoms with Crippen molar-refractivity contribution in [3.63, 3.8) is 0 Å². The average molecular weight is 239 g/mol. The summed E-state index contributed by atoms with van der Waals surface area (Å²) in [5.74, 6) is 0.918. The van der Waals surface area contributed by atoms with E-state index in [9.17, 15) is 0 Å². The topological polar surface area (TPSA) is 28.2 Å². The van der Waals surface area contributed by atoms with Crippen LogP contribution in [0.1, 0.15) is 30.3 Å². The second-order valence-electron chi connectivity index (χ2n) is 4.91. The van der Waals surface area contributed by atoms with E-state index in [-0.39, 0.29) is 0 Å². The molecule has 16 heavy (non-hydrogen) atoms. The van der Waals surface area contributed by atoms with Gasteiger partial charge in [-0.15, -0.1) is 11.3 Å². The maximum absolute atomic E-state index is 4.55. The first-order valence-corrected chi connectivity index (χ1v) is 6.76. The molecule has 1 atom stereocenters. The van der Waals surface area contributed by atoms with Gasteiger partial charge in [-0.2, -0.15) is 0 Å². The van der Waals surface area contributed by atoms with Crippen molar-refractivity contribution in [2.24, 2.45) is 5.92 Å². The summed E-state index contributed by atoms with van der Waals surface area (Å²) in [7, 11) is 4.09. The summed E-state index contributed by atoms with van der Waals surface area (Å²) < 4.78 is 0. The molecular formula is C12H21N3S. The molecule has 0 aromatic carbocycles. The standard InChI is InChI=1S/C12H21N3S/c1-8(10-5-6-10)13-7-11-9(2)14-12(16-11)15(3)4/h8,10,13H,5-7H2,1-4H3. The smallest absolute Gasteiger partial charge is 0.185 e. The van der Waals surface area contributed by atoms with E-state index in [0.29, 0.717) is 6.04 Å². The van der Waals surface area contributed by atoms with Crippen molar-refractivity contribution in [1.82, 2.24) is 10.3 Å². The van der Waals surface area contributed by atoms with Crippen LogP contribution in [0.5, 0.6) is 0 Å². The number of nitrogens with zero attached hydrogens (tertiary/aromatic N) is 2. The summed E-state index contributed by atoms with van der Waals surface area (Å²) in [5, 5.41) is 4.71. The maximum atomic E-state index is 4.55. The second-order valence-corrected chi connectivity index (χ2v) is 5.97. The number of aryl methyl sites for hydroxylation is 1. The molecule has 0 saturated heterocycles. The van der Waals surface area contributed by atoms with Crippen LogP contribution in [0.15, 0.2) is 0 Å². The fourth-order valence-electron chi connectivity index (χ4n) is 1.78. The van der Waals surface area contributed by atoms with Gasteiger partial charge in [0.05, 0.1) is 5.69 Å². The van der Waals surface area contributed by atoms with E-state index in [1.54, 1.807) is 11.3 Å². The summed E-state index contributed by atoms with van der Waals surface area (Å²) in [6.45, 7) is 5.36. The van der Waals surface area contributed by atoms with Crippen LogP contribution in [0.3, 0.4) is 0 Å². The molecule has 1 N–H and O–H groups in total. The van der Waals surface area contributed by atoms with Crippen LogP contribution >= 0.6 is 11.3 Å². The Morgan fingerprint density at radius 3 is 2.69 bits per heavy atom. The van der Waals surface area contributed by atoms with Gasteiger partial charge in [0.2, 0.25) is 0 Å². The third-order valence-corrected chi connectivity index (χ3v) is 4.50. The highest BCUT2D eigenvalue weighted by molar-refractivity contribution is 7.15. The molecule has 0 bridgehead atoms. The molecular weight excluding hydrogens is 218 g/mol. The molecule has 1 saturated carbocycles. The molecule has 4 heteroatoms. The lowest BCUT2D eigenvalue weighted by atomic mass is 10.2. The van der Waals surface area contributed by atoms with Gasteiger partial charge in [-0.25, -0.2) is 4.98 Å². The molecule has 2 rings (SSSR count). The molecule has 1 unspecified atom stereocenters. The fraction of sp³-hybridized carbons (Fsp3) is 0.750. The number of aromatic nitrogens is 1. The molecule has 90 valence electrons. The molecule has 1 aliphatic rings. The van der Waals surface area contributed by atoms with Crippen LogP contribution in [-0.4, -0.2) is 25.1 Å². The van der Waals surface area contributed by atoms with E-state index in [2.05, 4.69) is 29.0 Å². The first-order valence-electron chi connectivity index (χ1n) is 5.95. The third kappa shape index (κ3) is 2.74. The van der Waals surface area contributed by atoms with Crippen LogP contribution in [0.25, 0.3) is 0 Å². The summed E-state index contributed by atoms with van der Waals surface area (Å²) in [5.41, 5.74) is 1.17. The Balaban J connectivity index is 1.92. The number of nitrogens with one attached hydrogen (secondary N) is 1. The van der Waals surface area contributed by atoms with E-state index >= 15 is 0 Å². The maximum Gasteiger partial charge on any atom is 0.185 e. The minimum Gasteiger partial charge on any atom is -0.354 e. The highest BCUT2D eigenvalue weighted by Crippen LogP contribution is 2.32. The first-order chi connectivity index (χ1) is 7.58. The van der Waals surface area contributed by atoms with Crippen molar-refractivity contribution in [2.75, 3.05) is 19.0 Å². The van der Waals surface area contributed by atoms with Gasteiger partial charge < -0.3 is 10.2 Å². The van der Waals surface area contributed by atoms with E-state index in [1.807, 2.05) is 14.1 Å². The van der Waals surface area contributed by atoms with Crippen molar-refractivity contribution in [3.05, 3.63) is 10.6 Å². The molecule has 1 aliphatic carbocycles. The van der Waals surface area contributed by atoms with Crippen molar-refractivity contribution in [1.29, 1.82) is 0 Å². The van der Waals surface area contributed by atoms with Crippen molar-refractivity contribution >= 4 is 16.5 Å². The van der Waals surface area contributed by atoms with Gasteiger partial charge in [0.25, 0.3) is 0 Å². The lowest BCUT2D eigenvalue weighted by Gasteiger charge is -2.11. The Kier molecular flexibility index (Phi) is 3.50. The lowest BCUT2D eigenvalue weighted by molar-refractivity contribution is 0.498. The first kappa shape index (κ1) is 11.9. The van der Waals surface area contributed by atoms with Crippen molar-refractivity contribution in [2.45, 2.75) is 39.3 Å². The largest absolute Gasteiger partial charge is 0.354 e. The molecule has 0 amide bonds. The molecule has 3 nitrogen and oxygen atoms in total. The number of rotatable bonds is 5.